The smallest absolute Gasteiger partial charge is 0.0998 e. The molecule has 3 rings (SSSR count). The highest BCUT2D eigenvalue weighted by Gasteiger charge is 2.10. The number of hydrogen-bond acceptors (Lipinski definition) is 3. The first-order valence-corrected chi connectivity index (χ1v) is 9.29. The second-order valence-electron chi connectivity index (χ2n) is 6.15. The van der Waals surface area contributed by atoms with Crippen LogP contribution in [-0.4, -0.2) is 5.71 Å². The summed E-state index contributed by atoms with van der Waals surface area (Å²) in [6.07, 6.45) is 0. The van der Waals surface area contributed by atoms with Crippen LogP contribution in [0.15, 0.2) is 81.5 Å². The van der Waals surface area contributed by atoms with Gasteiger partial charge in [0.05, 0.1) is 17.3 Å². The molecule has 0 fully saturated rings. The fraction of sp³-hybridized carbons (Fsp3) is 0.130. The summed E-state index contributed by atoms with van der Waals surface area (Å²) in [6, 6.07) is 24.3. The lowest BCUT2D eigenvalue weighted by molar-refractivity contribution is 1.21. The monoisotopic (exact) mass is 356 g/mol. The van der Waals surface area contributed by atoms with E-state index in [-0.39, 0.29) is 0 Å². The van der Waals surface area contributed by atoms with Crippen molar-refractivity contribution in [2.24, 2.45) is 4.99 Å². The molecule has 0 heterocycles. The van der Waals surface area contributed by atoms with Crippen molar-refractivity contribution in [1.29, 1.82) is 5.26 Å². The maximum Gasteiger partial charge on any atom is 0.0998 e. The number of aliphatic imine (C=N–C) groups is 1. The maximum absolute atomic E-state index is 9.33. The molecule has 128 valence electrons. The fourth-order valence-corrected chi connectivity index (χ4v) is 3.89. The second-order valence-corrected chi connectivity index (χ2v) is 7.20. The standard InChI is InChI=1S/C23H20N2S/c1-16-9-8-10-17(2)23(16)26-22-14-7-6-13-21(22)25-18(3)20-12-5-4-11-19(20)15-24/h4-14H,1-3H3. The van der Waals surface area contributed by atoms with Gasteiger partial charge in [0.15, 0.2) is 0 Å². The average molecular weight is 356 g/mol. The van der Waals surface area contributed by atoms with Gasteiger partial charge in [0.2, 0.25) is 0 Å². The summed E-state index contributed by atoms with van der Waals surface area (Å²) in [5.74, 6) is 0. The van der Waals surface area contributed by atoms with Gasteiger partial charge in [-0.3, -0.25) is 4.99 Å². The highest BCUT2D eigenvalue weighted by atomic mass is 32.2. The molecule has 0 aromatic heterocycles. The molecule has 0 spiro atoms. The predicted octanol–water partition coefficient (Wildman–Crippen LogP) is 6.47. The Morgan fingerprint density at radius 2 is 1.54 bits per heavy atom. The summed E-state index contributed by atoms with van der Waals surface area (Å²) >= 11 is 1.74. The molecule has 0 N–H and O–H groups in total. The van der Waals surface area contributed by atoms with Crippen LogP contribution in [0.2, 0.25) is 0 Å². The van der Waals surface area contributed by atoms with E-state index in [0.29, 0.717) is 5.56 Å². The van der Waals surface area contributed by atoms with Crippen molar-refractivity contribution < 1.29 is 0 Å². The fourth-order valence-electron chi connectivity index (χ4n) is 2.84. The van der Waals surface area contributed by atoms with Crippen molar-refractivity contribution in [3.05, 3.63) is 89.0 Å². The summed E-state index contributed by atoms with van der Waals surface area (Å²) in [7, 11) is 0. The number of aryl methyl sites for hydroxylation is 2. The Kier molecular flexibility index (Phi) is 5.55. The van der Waals surface area contributed by atoms with E-state index in [1.165, 1.54) is 16.0 Å². The molecule has 0 aliphatic rings. The topological polar surface area (TPSA) is 36.1 Å². The van der Waals surface area contributed by atoms with Crippen molar-refractivity contribution in [1.82, 2.24) is 0 Å². The molecule has 3 heteroatoms. The van der Waals surface area contributed by atoms with Crippen molar-refractivity contribution in [3.8, 4) is 6.07 Å². The Bertz CT molecular complexity index is 992. The predicted molar refractivity (Wildman–Crippen MR) is 110 cm³/mol. The molecule has 0 atom stereocenters. The first-order chi connectivity index (χ1) is 12.6. The van der Waals surface area contributed by atoms with Gasteiger partial charge in [0.25, 0.3) is 0 Å². The van der Waals surface area contributed by atoms with Crippen molar-refractivity contribution >= 4 is 23.2 Å². The normalized spacial score (nSPS) is 11.2. The van der Waals surface area contributed by atoms with Crippen LogP contribution in [0.25, 0.3) is 0 Å². The van der Waals surface area contributed by atoms with E-state index < -0.39 is 0 Å². The highest BCUT2D eigenvalue weighted by molar-refractivity contribution is 7.99. The van der Waals surface area contributed by atoms with Crippen LogP contribution < -0.4 is 0 Å². The third-order valence-electron chi connectivity index (χ3n) is 4.21. The van der Waals surface area contributed by atoms with Crippen molar-refractivity contribution in [2.75, 3.05) is 0 Å². The maximum atomic E-state index is 9.33. The van der Waals surface area contributed by atoms with E-state index in [1.54, 1.807) is 11.8 Å². The van der Waals surface area contributed by atoms with E-state index in [9.17, 15) is 5.26 Å². The first-order valence-electron chi connectivity index (χ1n) is 8.48. The molecule has 0 aliphatic carbocycles. The number of rotatable bonds is 4. The minimum atomic E-state index is 0.647. The largest absolute Gasteiger partial charge is 0.252 e. The van der Waals surface area contributed by atoms with Gasteiger partial charge in [-0.05, 0) is 50.1 Å². The first kappa shape index (κ1) is 18.0. The van der Waals surface area contributed by atoms with Gasteiger partial charge >= 0.3 is 0 Å². The lowest BCUT2D eigenvalue weighted by Gasteiger charge is -2.11. The summed E-state index contributed by atoms with van der Waals surface area (Å²) in [5.41, 5.74) is 5.82. The molecule has 3 aromatic carbocycles. The number of nitriles is 1. The SMILES string of the molecule is CC(=Nc1ccccc1Sc1c(C)cccc1C)c1ccccc1C#N. The Morgan fingerprint density at radius 1 is 0.885 bits per heavy atom. The zero-order chi connectivity index (χ0) is 18.5. The molecule has 0 saturated heterocycles. The van der Waals surface area contributed by atoms with Crippen LogP contribution in [-0.2, 0) is 0 Å². The van der Waals surface area contributed by atoms with Crippen LogP contribution in [0.1, 0.15) is 29.2 Å². The van der Waals surface area contributed by atoms with E-state index in [0.717, 1.165) is 21.9 Å². The number of benzene rings is 3. The van der Waals surface area contributed by atoms with Crippen LogP contribution in [0, 0.1) is 25.2 Å². The Labute approximate surface area is 159 Å². The molecule has 26 heavy (non-hydrogen) atoms. The van der Waals surface area contributed by atoms with Gasteiger partial charge in [-0.1, -0.05) is 60.3 Å². The molecule has 2 nitrogen and oxygen atoms in total. The third-order valence-corrected chi connectivity index (χ3v) is 5.62. The molecular formula is C23H20N2S. The lowest BCUT2D eigenvalue weighted by Crippen LogP contribution is -1.98. The Hall–Kier alpha value is -2.83. The van der Waals surface area contributed by atoms with Crippen LogP contribution in [0.3, 0.4) is 0 Å². The molecule has 0 bridgehead atoms. The van der Waals surface area contributed by atoms with Gasteiger partial charge in [-0.25, -0.2) is 0 Å². The zero-order valence-corrected chi connectivity index (χ0v) is 16.0. The average Bonchev–Trinajstić information content (AvgIpc) is 2.66. The van der Waals surface area contributed by atoms with E-state index in [1.807, 2.05) is 49.4 Å². The molecule has 0 saturated carbocycles. The molecule has 0 radical (unpaired) electrons. The van der Waals surface area contributed by atoms with Gasteiger partial charge in [-0.15, -0.1) is 0 Å². The molecule has 3 aromatic rings. The molecule has 0 unspecified atom stereocenters. The van der Waals surface area contributed by atoms with E-state index in [4.69, 9.17) is 4.99 Å². The summed E-state index contributed by atoms with van der Waals surface area (Å²) in [6.45, 7) is 6.22. The van der Waals surface area contributed by atoms with Gasteiger partial charge in [-0.2, -0.15) is 5.26 Å². The van der Waals surface area contributed by atoms with Crippen LogP contribution in [0.4, 0.5) is 5.69 Å². The van der Waals surface area contributed by atoms with Gasteiger partial charge in [0, 0.05) is 21.1 Å². The highest BCUT2D eigenvalue weighted by Crippen LogP contribution is 2.38. The number of nitrogens with zero attached hydrogens (tertiary/aromatic N) is 2. The van der Waals surface area contributed by atoms with Crippen LogP contribution >= 0.6 is 11.8 Å². The van der Waals surface area contributed by atoms with Crippen molar-refractivity contribution in [3.63, 3.8) is 0 Å². The summed E-state index contributed by atoms with van der Waals surface area (Å²) in [5, 5.41) is 9.33. The molecule has 0 amide bonds. The van der Waals surface area contributed by atoms with Gasteiger partial charge < -0.3 is 0 Å². The quantitative estimate of drug-likeness (QED) is 0.502. The minimum absolute atomic E-state index is 0.647. The van der Waals surface area contributed by atoms with E-state index >= 15 is 0 Å². The Balaban J connectivity index is 2.01. The summed E-state index contributed by atoms with van der Waals surface area (Å²) in [4.78, 5) is 7.22. The summed E-state index contributed by atoms with van der Waals surface area (Å²) < 4.78 is 0. The lowest BCUT2D eigenvalue weighted by atomic mass is 10.0. The van der Waals surface area contributed by atoms with Crippen LogP contribution in [0.5, 0.6) is 0 Å². The Morgan fingerprint density at radius 3 is 2.27 bits per heavy atom. The van der Waals surface area contributed by atoms with Gasteiger partial charge in [0.1, 0.15) is 0 Å². The second kappa shape index (κ2) is 8.03. The van der Waals surface area contributed by atoms with E-state index in [2.05, 4.69) is 44.2 Å². The molecular weight excluding hydrogens is 336 g/mol. The zero-order valence-electron chi connectivity index (χ0n) is 15.2. The number of hydrogen-bond donors (Lipinski definition) is 0. The number of para-hydroxylation sites is 1. The molecule has 0 aliphatic heterocycles. The van der Waals surface area contributed by atoms with Crippen molar-refractivity contribution in [2.45, 2.75) is 30.6 Å². The minimum Gasteiger partial charge on any atom is -0.252 e. The third kappa shape index (κ3) is 3.87.